The lowest BCUT2D eigenvalue weighted by Crippen LogP contribution is -2.48. The smallest absolute Gasteiger partial charge is 0.317 e. The first-order valence-corrected chi connectivity index (χ1v) is 8.81. The summed E-state index contributed by atoms with van der Waals surface area (Å²) in [4.78, 5) is 36.8. The van der Waals surface area contributed by atoms with Gasteiger partial charge in [-0.1, -0.05) is 26.2 Å². The van der Waals surface area contributed by atoms with E-state index in [2.05, 4.69) is 10.6 Å². The molecule has 138 valence electrons. The van der Waals surface area contributed by atoms with Gasteiger partial charge in [0.15, 0.2) is 0 Å². The zero-order valence-corrected chi connectivity index (χ0v) is 15.1. The lowest BCUT2D eigenvalue weighted by atomic mass is 9.96. The molecular formula is C17H31N3O4. The van der Waals surface area contributed by atoms with E-state index >= 15 is 0 Å². The Morgan fingerprint density at radius 3 is 2.46 bits per heavy atom. The Balaban J connectivity index is 2.54. The van der Waals surface area contributed by atoms with Gasteiger partial charge in [-0.25, -0.2) is 4.79 Å². The molecular weight excluding hydrogens is 310 g/mol. The van der Waals surface area contributed by atoms with Crippen LogP contribution in [-0.2, 0) is 14.3 Å². The summed E-state index contributed by atoms with van der Waals surface area (Å²) in [5.74, 6) is -0.795. The largest absolute Gasteiger partial charge is 0.469 e. The zero-order valence-electron chi connectivity index (χ0n) is 15.1. The van der Waals surface area contributed by atoms with Crippen LogP contribution >= 0.6 is 0 Å². The minimum Gasteiger partial charge on any atom is -0.469 e. The molecule has 0 saturated heterocycles. The van der Waals surface area contributed by atoms with Crippen LogP contribution in [0, 0.1) is 5.92 Å². The van der Waals surface area contributed by atoms with Gasteiger partial charge in [0.1, 0.15) is 0 Å². The van der Waals surface area contributed by atoms with E-state index in [4.69, 9.17) is 4.74 Å². The number of urea groups is 1. The Kier molecular flexibility index (Phi) is 9.19. The van der Waals surface area contributed by atoms with Crippen LogP contribution in [0.1, 0.15) is 52.4 Å². The van der Waals surface area contributed by atoms with Crippen molar-refractivity contribution in [3.63, 3.8) is 0 Å². The van der Waals surface area contributed by atoms with Gasteiger partial charge in [-0.05, 0) is 19.3 Å². The first-order valence-electron chi connectivity index (χ1n) is 8.81. The molecule has 3 amide bonds. The molecule has 2 N–H and O–H groups in total. The monoisotopic (exact) mass is 341 g/mol. The predicted molar refractivity (Wildman–Crippen MR) is 91.5 cm³/mol. The fourth-order valence-corrected chi connectivity index (χ4v) is 2.93. The minimum absolute atomic E-state index is 0.0869. The van der Waals surface area contributed by atoms with Crippen LogP contribution in [0.15, 0.2) is 0 Å². The number of nitrogens with zero attached hydrogens (tertiary/aromatic N) is 1. The second-order valence-corrected chi connectivity index (χ2v) is 6.49. The molecule has 1 rings (SSSR count). The van der Waals surface area contributed by atoms with Crippen LogP contribution in [0.25, 0.3) is 0 Å². The van der Waals surface area contributed by atoms with Crippen LogP contribution in [0.3, 0.4) is 0 Å². The van der Waals surface area contributed by atoms with Crippen molar-refractivity contribution < 1.29 is 19.1 Å². The summed E-state index contributed by atoms with van der Waals surface area (Å²) in [6, 6.07) is 0.0815. The standard InChI is InChI=1S/C17H31N3O4/c1-13(16(22)24-3)12-20(11-7-10-18-14(2)21)17(23)19-15-8-5-4-6-9-15/h13,15H,4-12H2,1-3H3,(H,18,21)(H,19,23). The first kappa shape index (κ1) is 20.3. The van der Waals surface area contributed by atoms with Crippen LogP contribution in [0.5, 0.6) is 0 Å². The number of nitrogens with one attached hydrogen (secondary N) is 2. The van der Waals surface area contributed by atoms with Crippen LogP contribution in [0.2, 0.25) is 0 Å². The molecule has 0 spiro atoms. The number of carbonyl (C=O) groups excluding carboxylic acids is 3. The van der Waals surface area contributed by atoms with Crippen LogP contribution < -0.4 is 10.6 Å². The van der Waals surface area contributed by atoms with E-state index in [1.54, 1.807) is 11.8 Å². The molecule has 0 aromatic rings. The van der Waals surface area contributed by atoms with E-state index in [1.165, 1.54) is 20.5 Å². The highest BCUT2D eigenvalue weighted by atomic mass is 16.5. The molecule has 0 aromatic heterocycles. The molecule has 1 aliphatic rings. The molecule has 1 aliphatic carbocycles. The molecule has 0 aromatic carbocycles. The number of methoxy groups -OCH3 is 1. The Hall–Kier alpha value is -1.79. The molecule has 7 nitrogen and oxygen atoms in total. The lowest BCUT2D eigenvalue weighted by molar-refractivity contribution is -0.145. The van der Waals surface area contributed by atoms with Gasteiger partial charge in [-0.3, -0.25) is 9.59 Å². The van der Waals surface area contributed by atoms with Crippen molar-refractivity contribution in [2.45, 2.75) is 58.4 Å². The fourth-order valence-electron chi connectivity index (χ4n) is 2.93. The number of carbonyl (C=O) groups is 3. The van der Waals surface area contributed by atoms with Gasteiger partial charge in [0.05, 0.1) is 13.0 Å². The van der Waals surface area contributed by atoms with Crippen molar-refractivity contribution in [3.8, 4) is 0 Å². The van der Waals surface area contributed by atoms with Crippen molar-refractivity contribution >= 4 is 17.9 Å². The molecule has 1 saturated carbocycles. The Morgan fingerprint density at radius 2 is 1.88 bits per heavy atom. The maximum atomic E-state index is 12.6. The highest BCUT2D eigenvalue weighted by Gasteiger charge is 2.23. The molecule has 0 radical (unpaired) electrons. The highest BCUT2D eigenvalue weighted by Crippen LogP contribution is 2.17. The summed E-state index contributed by atoms with van der Waals surface area (Å²) in [5.41, 5.74) is 0. The van der Waals surface area contributed by atoms with E-state index in [9.17, 15) is 14.4 Å². The Morgan fingerprint density at radius 1 is 1.21 bits per heavy atom. The summed E-state index contributed by atoms with van der Waals surface area (Å²) in [6.45, 7) is 4.52. The van der Waals surface area contributed by atoms with Gasteiger partial charge in [0.25, 0.3) is 0 Å². The molecule has 1 atom stereocenters. The number of rotatable bonds is 8. The number of amides is 3. The first-order chi connectivity index (χ1) is 11.4. The zero-order chi connectivity index (χ0) is 17.9. The van der Waals surface area contributed by atoms with E-state index in [-0.39, 0.29) is 29.9 Å². The van der Waals surface area contributed by atoms with E-state index in [0.29, 0.717) is 26.1 Å². The van der Waals surface area contributed by atoms with Crippen molar-refractivity contribution in [2.24, 2.45) is 5.92 Å². The Bertz CT molecular complexity index is 422. The third kappa shape index (κ3) is 7.66. The molecule has 0 bridgehead atoms. The number of hydrogen-bond acceptors (Lipinski definition) is 4. The molecule has 0 heterocycles. The average molecular weight is 341 g/mol. The van der Waals surface area contributed by atoms with Crippen molar-refractivity contribution in [3.05, 3.63) is 0 Å². The van der Waals surface area contributed by atoms with E-state index in [0.717, 1.165) is 25.7 Å². The molecule has 24 heavy (non-hydrogen) atoms. The second kappa shape index (κ2) is 10.9. The number of ether oxygens (including phenoxy) is 1. The van der Waals surface area contributed by atoms with Gasteiger partial charge in [-0.2, -0.15) is 0 Å². The van der Waals surface area contributed by atoms with E-state index in [1.807, 2.05) is 0 Å². The van der Waals surface area contributed by atoms with Gasteiger partial charge in [-0.15, -0.1) is 0 Å². The summed E-state index contributed by atoms with van der Waals surface area (Å²) in [5, 5.41) is 5.80. The molecule has 1 fully saturated rings. The number of hydrogen-bond donors (Lipinski definition) is 2. The van der Waals surface area contributed by atoms with Gasteiger partial charge in [0.2, 0.25) is 5.91 Å². The summed E-state index contributed by atoms with van der Waals surface area (Å²) in [6.07, 6.45) is 6.19. The van der Waals surface area contributed by atoms with Crippen molar-refractivity contribution in [1.82, 2.24) is 15.5 Å². The number of esters is 1. The second-order valence-electron chi connectivity index (χ2n) is 6.49. The third-order valence-electron chi connectivity index (χ3n) is 4.30. The molecule has 1 unspecified atom stereocenters. The average Bonchev–Trinajstić information content (AvgIpc) is 2.57. The van der Waals surface area contributed by atoms with Gasteiger partial charge < -0.3 is 20.3 Å². The third-order valence-corrected chi connectivity index (χ3v) is 4.30. The minimum atomic E-state index is -0.382. The maximum absolute atomic E-state index is 12.6. The molecule has 7 heteroatoms. The topological polar surface area (TPSA) is 87.7 Å². The van der Waals surface area contributed by atoms with Crippen molar-refractivity contribution in [2.75, 3.05) is 26.7 Å². The summed E-state index contributed by atoms with van der Waals surface area (Å²) >= 11 is 0. The summed E-state index contributed by atoms with van der Waals surface area (Å²) in [7, 11) is 1.35. The normalized spacial score (nSPS) is 16.1. The highest BCUT2D eigenvalue weighted by molar-refractivity contribution is 5.77. The van der Waals surface area contributed by atoms with Gasteiger partial charge in [0, 0.05) is 32.6 Å². The lowest BCUT2D eigenvalue weighted by Gasteiger charge is -2.29. The maximum Gasteiger partial charge on any atom is 0.317 e. The quantitative estimate of drug-likeness (QED) is 0.519. The van der Waals surface area contributed by atoms with Crippen LogP contribution in [0.4, 0.5) is 4.79 Å². The fraction of sp³-hybridized carbons (Fsp3) is 0.824. The molecule has 0 aliphatic heterocycles. The van der Waals surface area contributed by atoms with E-state index < -0.39 is 0 Å². The summed E-state index contributed by atoms with van der Waals surface area (Å²) < 4.78 is 4.75. The van der Waals surface area contributed by atoms with Crippen molar-refractivity contribution in [1.29, 1.82) is 0 Å². The Labute approximate surface area is 144 Å². The van der Waals surface area contributed by atoms with Gasteiger partial charge >= 0.3 is 12.0 Å². The predicted octanol–water partition coefficient (Wildman–Crippen LogP) is 1.67. The van der Waals surface area contributed by atoms with Crippen LogP contribution in [-0.4, -0.2) is 55.6 Å². The SMILES string of the molecule is COC(=O)C(C)CN(CCCNC(C)=O)C(=O)NC1CCCCC1.